The van der Waals surface area contributed by atoms with Gasteiger partial charge in [-0.25, -0.2) is 4.79 Å². The molecule has 0 radical (unpaired) electrons. The van der Waals surface area contributed by atoms with Gasteiger partial charge in [-0.05, 0) is 26.0 Å². The summed E-state index contributed by atoms with van der Waals surface area (Å²) in [4.78, 5) is 24.3. The highest BCUT2D eigenvalue weighted by Gasteiger charge is 2.25. The van der Waals surface area contributed by atoms with Crippen molar-refractivity contribution >= 4 is 34.4 Å². The topological polar surface area (TPSA) is 79.8 Å². The van der Waals surface area contributed by atoms with Crippen LogP contribution in [0.4, 0.5) is 5.69 Å². The van der Waals surface area contributed by atoms with Gasteiger partial charge in [-0.3, -0.25) is 10.2 Å². The van der Waals surface area contributed by atoms with E-state index in [2.05, 4.69) is 15.8 Å². The van der Waals surface area contributed by atoms with Gasteiger partial charge in [-0.15, -0.1) is 0 Å². The third-order valence-corrected chi connectivity index (χ3v) is 3.70. The molecule has 6 nitrogen and oxygen atoms in total. The second-order valence-electron chi connectivity index (χ2n) is 4.13. The van der Waals surface area contributed by atoms with Gasteiger partial charge in [0.25, 0.3) is 5.91 Å². The van der Waals surface area contributed by atoms with E-state index in [1.54, 1.807) is 26.0 Å². The summed E-state index contributed by atoms with van der Waals surface area (Å²) in [6.07, 6.45) is 0. The molecule has 0 saturated carbocycles. The highest BCUT2D eigenvalue weighted by molar-refractivity contribution is 8.19. The number of amides is 1. The Morgan fingerprint density at radius 3 is 2.71 bits per heavy atom. The number of thioether (sulfide) groups is 1. The summed E-state index contributed by atoms with van der Waals surface area (Å²) in [5, 5.41) is 6.82. The molecular weight excluding hydrogens is 290 g/mol. The molecule has 7 heteroatoms. The predicted octanol–water partition coefficient (Wildman–Crippen LogP) is 2.07. The van der Waals surface area contributed by atoms with Crippen LogP contribution >= 0.6 is 11.8 Å². The number of ether oxygens (including phenoxy) is 1. The molecule has 21 heavy (non-hydrogen) atoms. The fourth-order valence-corrected chi connectivity index (χ4v) is 2.35. The van der Waals surface area contributed by atoms with Crippen LogP contribution in [-0.4, -0.2) is 23.5 Å². The molecule has 0 fully saturated rings. The van der Waals surface area contributed by atoms with Gasteiger partial charge < -0.3 is 10.1 Å². The molecule has 1 aromatic carbocycles. The number of esters is 1. The summed E-state index contributed by atoms with van der Waals surface area (Å²) in [6.45, 7) is 3.71. The van der Waals surface area contributed by atoms with E-state index in [9.17, 15) is 9.59 Å². The van der Waals surface area contributed by atoms with Crippen molar-refractivity contribution in [2.75, 3.05) is 11.9 Å². The molecule has 0 spiro atoms. The summed E-state index contributed by atoms with van der Waals surface area (Å²) >= 11 is 0.996. The fraction of sp³-hybridized carbons (Fsp3) is 0.214. The number of nitrogens with one attached hydrogen (secondary N) is 2. The zero-order valence-corrected chi connectivity index (χ0v) is 12.5. The predicted molar refractivity (Wildman–Crippen MR) is 82.6 cm³/mol. The molecule has 0 bridgehead atoms. The van der Waals surface area contributed by atoms with Gasteiger partial charge >= 0.3 is 5.97 Å². The number of hydrogen-bond donors (Lipinski definition) is 2. The second-order valence-corrected chi connectivity index (χ2v) is 5.12. The Kier molecular flexibility index (Phi) is 4.99. The first-order chi connectivity index (χ1) is 10.1. The summed E-state index contributed by atoms with van der Waals surface area (Å²) < 4.78 is 4.95. The van der Waals surface area contributed by atoms with Crippen molar-refractivity contribution in [3.8, 4) is 0 Å². The van der Waals surface area contributed by atoms with E-state index in [0.29, 0.717) is 16.3 Å². The highest BCUT2D eigenvalue weighted by atomic mass is 32.2. The van der Waals surface area contributed by atoms with Crippen molar-refractivity contribution in [1.82, 2.24) is 5.43 Å². The van der Waals surface area contributed by atoms with E-state index in [0.717, 1.165) is 11.8 Å². The number of hydrazone groups is 1. The number of para-hydroxylation sites is 1. The molecule has 1 aromatic rings. The minimum atomic E-state index is -0.465. The molecule has 2 N–H and O–H groups in total. The van der Waals surface area contributed by atoms with Gasteiger partial charge in [-0.2, -0.15) is 5.10 Å². The molecule has 1 aliphatic rings. The highest BCUT2D eigenvalue weighted by Crippen LogP contribution is 2.26. The molecular formula is C14H15N3O3S. The summed E-state index contributed by atoms with van der Waals surface area (Å²) in [5.41, 5.74) is 3.90. The maximum atomic E-state index is 12.1. The Balaban J connectivity index is 2.05. The zero-order valence-electron chi connectivity index (χ0n) is 11.7. The van der Waals surface area contributed by atoms with Crippen molar-refractivity contribution < 1.29 is 14.3 Å². The third-order valence-electron chi connectivity index (χ3n) is 2.55. The number of hydrogen-bond acceptors (Lipinski definition) is 6. The Morgan fingerprint density at radius 2 is 2.05 bits per heavy atom. The molecule has 0 aromatic heterocycles. The minimum Gasteiger partial charge on any atom is -0.462 e. The van der Waals surface area contributed by atoms with Crippen LogP contribution in [0.3, 0.4) is 0 Å². The number of carbonyl (C=O) groups is 2. The lowest BCUT2D eigenvalue weighted by Gasteiger charge is -2.16. The van der Waals surface area contributed by atoms with E-state index < -0.39 is 5.97 Å². The van der Waals surface area contributed by atoms with Crippen molar-refractivity contribution in [1.29, 1.82) is 0 Å². The Bertz CT molecular complexity index is 611. The van der Waals surface area contributed by atoms with Crippen LogP contribution in [0.25, 0.3) is 0 Å². The van der Waals surface area contributed by atoms with E-state index in [-0.39, 0.29) is 17.6 Å². The van der Waals surface area contributed by atoms with Gasteiger partial charge in [0.1, 0.15) is 4.91 Å². The third kappa shape index (κ3) is 3.85. The molecule has 110 valence electrons. The van der Waals surface area contributed by atoms with Crippen LogP contribution in [0.5, 0.6) is 0 Å². The molecule has 1 heterocycles. The van der Waals surface area contributed by atoms with E-state index in [1.165, 1.54) is 0 Å². The van der Waals surface area contributed by atoms with Gasteiger partial charge in [0, 0.05) is 5.69 Å². The van der Waals surface area contributed by atoms with Gasteiger partial charge in [-0.1, -0.05) is 30.0 Å². The monoisotopic (exact) mass is 305 g/mol. The lowest BCUT2D eigenvalue weighted by atomic mass is 10.3. The van der Waals surface area contributed by atoms with Gasteiger partial charge in [0.15, 0.2) is 5.04 Å². The van der Waals surface area contributed by atoms with Crippen molar-refractivity contribution in [2.24, 2.45) is 5.10 Å². The fourth-order valence-electron chi connectivity index (χ4n) is 1.58. The summed E-state index contributed by atoms with van der Waals surface area (Å²) in [6, 6.07) is 9.03. The summed E-state index contributed by atoms with van der Waals surface area (Å²) in [7, 11) is 0. The maximum absolute atomic E-state index is 12.1. The van der Waals surface area contributed by atoms with Gasteiger partial charge in [0.2, 0.25) is 0 Å². The van der Waals surface area contributed by atoms with E-state index >= 15 is 0 Å². The maximum Gasteiger partial charge on any atom is 0.346 e. The molecule has 2 rings (SSSR count). The van der Waals surface area contributed by atoms with Crippen LogP contribution < -0.4 is 10.7 Å². The molecule has 1 amide bonds. The average Bonchev–Trinajstić information content (AvgIpc) is 2.48. The van der Waals surface area contributed by atoms with Crippen molar-refractivity contribution in [3.05, 3.63) is 40.9 Å². The molecule has 0 atom stereocenters. The SMILES string of the molecule is CCOC(=O)C1=C(C)NN=C(C(=O)Nc2ccccc2)S1. The normalized spacial score (nSPS) is 14.1. The number of rotatable bonds is 4. The van der Waals surface area contributed by atoms with E-state index in [4.69, 9.17) is 4.74 Å². The van der Waals surface area contributed by atoms with Crippen molar-refractivity contribution in [3.63, 3.8) is 0 Å². The molecule has 0 aliphatic carbocycles. The minimum absolute atomic E-state index is 0.160. The smallest absolute Gasteiger partial charge is 0.346 e. The number of anilines is 1. The first-order valence-electron chi connectivity index (χ1n) is 6.37. The van der Waals surface area contributed by atoms with Crippen LogP contribution in [-0.2, 0) is 14.3 Å². The molecule has 0 saturated heterocycles. The number of allylic oxidation sites excluding steroid dienone is 1. The number of carbonyl (C=O) groups excluding carboxylic acids is 2. The van der Waals surface area contributed by atoms with Crippen LogP contribution in [0.1, 0.15) is 13.8 Å². The Hall–Kier alpha value is -2.28. The lowest BCUT2D eigenvalue weighted by Crippen LogP contribution is -2.28. The Morgan fingerprint density at radius 1 is 1.33 bits per heavy atom. The molecule has 1 aliphatic heterocycles. The average molecular weight is 305 g/mol. The zero-order chi connectivity index (χ0) is 15.2. The largest absolute Gasteiger partial charge is 0.462 e. The van der Waals surface area contributed by atoms with Crippen LogP contribution in [0.15, 0.2) is 46.0 Å². The van der Waals surface area contributed by atoms with Crippen molar-refractivity contribution in [2.45, 2.75) is 13.8 Å². The second kappa shape index (κ2) is 6.94. The standard InChI is InChI=1S/C14H15N3O3S/c1-3-20-14(19)11-9(2)16-17-13(21-11)12(18)15-10-7-5-4-6-8-10/h4-8,16H,3H2,1-2H3,(H,15,18). The lowest BCUT2D eigenvalue weighted by molar-refractivity contribution is -0.137. The Labute approximate surface area is 126 Å². The quantitative estimate of drug-likeness (QED) is 0.832. The molecule has 0 unspecified atom stereocenters. The summed E-state index contributed by atoms with van der Waals surface area (Å²) in [5.74, 6) is -0.847. The first kappa shape index (κ1) is 15.1. The first-order valence-corrected chi connectivity index (χ1v) is 7.19. The van der Waals surface area contributed by atoms with E-state index in [1.807, 2.05) is 18.2 Å². The number of benzene rings is 1. The van der Waals surface area contributed by atoms with Crippen LogP contribution in [0, 0.1) is 0 Å². The van der Waals surface area contributed by atoms with Crippen LogP contribution in [0.2, 0.25) is 0 Å². The number of nitrogens with zero attached hydrogens (tertiary/aromatic N) is 1. The van der Waals surface area contributed by atoms with Gasteiger partial charge in [0.05, 0.1) is 12.3 Å².